The SMILES string of the molecule is CCOC(=O)c1cn(C[C@@H]2CCCN(C)C2)c2ccc(I)cc2c1=O. The van der Waals surface area contributed by atoms with Crippen molar-refractivity contribution in [2.75, 3.05) is 26.7 Å². The largest absolute Gasteiger partial charge is 0.462 e. The number of fused-ring (bicyclic) bond motifs is 1. The average molecular weight is 454 g/mol. The lowest BCUT2D eigenvalue weighted by molar-refractivity contribution is 0.0524. The summed E-state index contributed by atoms with van der Waals surface area (Å²) in [6.45, 7) is 4.98. The summed E-state index contributed by atoms with van der Waals surface area (Å²) < 4.78 is 8.12. The molecule has 2 aromatic rings. The zero-order valence-corrected chi connectivity index (χ0v) is 16.8. The van der Waals surface area contributed by atoms with Gasteiger partial charge < -0.3 is 14.2 Å². The molecular formula is C19H23IN2O3. The second-order valence-corrected chi connectivity index (χ2v) is 7.92. The van der Waals surface area contributed by atoms with Crippen molar-refractivity contribution < 1.29 is 9.53 Å². The van der Waals surface area contributed by atoms with E-state index in [-0.39, 0.29) is 17.6 Å². The van der Waals surface area contributed by atoms with Crippen LogP contribution < -0.4 is 5.43 Å². The Bertz CT molecular complexity index is 846. The predicted octanol–water partition coefficient (Wildman–Crippen LogP) is 3.12. The van der Waals surface area contributed by atoms with Gasteiger partial charge in [-0.15, -0.1) is 0 Å². The molecule has 134 valence electrons. The first-order valence-electron chi connectivity index (χ1n) is 8.68. The summed E-state index contributed by atoms with van der Waals surface area (Å²) >= 11 is 2.19. The van der Waals surface area contributed by atoms with Gasteiger partial charge in [0.05, 0.1) is 12.1 Å². The molecule has 25 heavy (non-hydrogen) atoms. The number of ether oxygens (including phenoxy) is 1. The summed E-state index contributed by atoms with van der Waals surface area (Å²) in [6, 6.07) is 5.82. The van der Waals surface area contributed by atoms with Crippen LogP contribution in [0.5, 0.6) is 0 Å². The number of pyridine rings is 1. The number of esters is 1. The fourth-order valence-corrected chi connectivity index (χ4v) is 4.07. The normalized spacial score (nSPS) is 18.4. The monoisotopic (exact) mass is 454 g/mol. The van der Waals surface area contributed by atoms with Crippen molar-refractivity contribution in [3.63, 3.8) is 0 Å². The summed E-state index contributed by atoms with van der Waals surface area (Å²) in [4.78, 5) is 27.4. The Hall–Kier alpha value is -1.41. The van der Waals surface area contributed by atoms with Crippen LogP contribution in [0.1, 0.15) is 30.1 Å². The number of likely N-dealkylation sites (tertiary alicyclic amines) is 1. The molecule has 1 aromatic heterocycles. The molecule has 5 nitrogen and oxygen atoms in total. The number of carbonyl (C=O) groups is 1. The number of benzene rings is 1. The number of carbonyl (C=O) groups excluding carboxylic acids is 1. The van der Waals surface area contributed by atoms with E-state index in [1.165, 1.54) is 6.42 Å². The molecule has 1 atom stereocenters. The highest BCUT2D eigenvalue weighted by molar-refractivity contribution is 14.1. The van der Waals surface area contributed by atoms with Gasteiger partial charge in [0.2, 0.25) is 5.43 Å². The lowest BCUT2D eigenvalue weighted by atomic mass is 9.98. The van der Waals surface area contributed by atoms with Crippen LogP contribution in [-0.2, 0) is 11.3 Å². The molecule has 0 amide bonds. The summed E-state index contributed by atoms with van der Waals surface area (Å²) in [5, 5.41) is 0.585. The van der Waals surface area contributed by atoms with Crippen molar-refractivity contribution in [2.24, 2.45) is 5.92 Å². The topological polar surface area (TPSA) is 51.5 Å². The molecule has 3 rings (SSSR count). The predicted molar refractivity (Wildman–Crippen MR) is 107 cm³/mol. The van der Waals surface area contributed by atoms with Crippen LogP contribution >= 0.6 is 22.6 Å². The van der Waals surface area contributed by atoms with Crippen LogP contribution in [0.4, 0.5) is 0 Å². The number of aromatic nitrogens is 1. The lowest BCUT2D eigenvalue weighted by Gasteiger charge is -2.30. The summed E-state index contributed by atoms with van der Waals surface area (Å²) in [5.74, 6) is -0.0263. The zero-order chi connectivity index (χ0) is 18.0. The van der Waals surface area contributed by atoms with Crippen molar-refractivity contribution in [3.05, 3.63) is 43.8 Å². The van der Waals surface area contributed by atoms with Gasteiger partial charge in [-0.3, -0.25) is 4.79 Å². The van der Waals surface area contributed by atoms with Gasteiger partial charge in [0.1, 0.15) is 5.56 Å². The first-order chi connectivity index (χ1) is 12.0. The molecule has 1 aromatic carbocycles. The maximum atomic E-state index is 12.8. The Morgan fingerprint density at radius 3 is 2.92 bits per heavy atom. The smallest absolute Gasteiger partial charge is 0.343 e. The van der Waals surface area contributed by atoms with Gasteiger partial charge in [-0.2, -0.15) is 0 Å². The van der Waals surface area contributed by atoms with Crippen LogP contribution in [0, 0.1) is 9.49 Å². The second-order valence-electron chi connectivity index (χ2n) is 6.68. The molecular weight excluding hydrogens is 431 g/mol. The fraction of sp³-hybridized carbons (Fsp3) is 0.474. The maximum absolute atomic E-state index is 12.8. The molecule has 2 heterocycles. The number of hydrogen-bond acceptors (Lipinski definition) is 4. The highest BCUT2D eigenvalue weighted by Gasteiger charge is 2.21. The van der Waals surface area contributed by atoms with Gasteiger partial charge in [-0.05, 0) is 80.1 Å². The third-order valence-electron chi connectivity index (χ3n) is 4.71. The number of rotatable bonds is 4. The molecule has 1 aliphatic heterocycles. The van der Waals surface area contributed by atoms with Gasteiger partial charge in [-0.1, -0.05) is 0 Å². The van der Waals surface area contributed by atoms with Crippen LogP contribution in [0.15, 0.2) is 29.2 Å². The van der Waals surface area contributed by atoms with Crippen LogP contribution in [0.3, 0.4) is 0 Å². The molecule has 1 saturated heterocycles. The van der Waals surface area contributed by atoms with E-state index in [9.17, 15) is 9.59 Å². The van der Waals surface area contributed by atoms with Crippen LogP contribution in [-0.4, -0.2) is 42.2 Å². The second kappa shape index (κ2) is 7.86. The molecule has 0 bridgehead atoms. The average Bonchev–Trinajstić information content (AvgIpc) is 2.57. The van der Waals surface area contributed by atoms with E-state index < -0.39 is 5.97 Å². The van der Waals surface area contributed by atoms with Crippen molar-refractivity contribution in [2.45, 2.75) is 26.3 Å². The van der Waals surface area contributed by atoms with E-state index in [1.807, 2.05) is 18.2 Å². The molecule has 0 saturated carbocycles. The number of hydrogen-bond donors (Lipinski definition) is 0. The van der Waals surface area contributed by atoms with E-state index in [0.717, 1.165) is 35.1 Å². The Morgan fingerprint density at radius 2 is 2.20 bits per heavy atom. The van der Waals surface area contributed by atoms with Gasteiger partial charge >= 0.3 is 5.97 Å². The van der Waals surface area contributed by atoms with E-state index in [4.69, 9.17) is 4.74 Å². The summed E-state index contributed by atoms with van der Waals surface area (Å²) in [5.41, 5.74) is 0.760. The summed E-state index contributed by atoms with van der Waals surface area (Å²) in [6.07, 6.45) is 4.03. The minimum Gasteiger partial charge on any atom is -0.462 e. The molecule has 0 N–H and O–H groups in total. The molecule has 1 aliphatic rings. The quantitative estimate of drug-likeness (QED) is 0.527. The Labute approximate surface area is 161 Å². The van der Waals surface area contributed by atoms with Gasteiger partial charge in [-0.25, -0.2) is 4.79 Å². The highest BCUT2D eigenvalue weighted by atomic mass is 127. The lowest BCUT2D eigenvalue weighted by Crippen LogP contribution is -2.34. The maximum Gasteiger partial charge on any atom is 0.343 e. The van der Waals surface area contributed by atoms with Gasteiger partial charge in [0.25, 0.3) is 0 Å². The van der Waals surface area contributed by atoms with Gasteiger partial charge in [0, 0.05) is 28.2 Å². The standard InChI is InChI=1S/C19H23IN2O3/c1-3-25-19(24)16-12-22(11-13-5-4-8-21(2)10-13)17-7-6-14(20)9-15(17)18(16)23/h6-7,9,12-13H,3-5,8,10-11H2,1-2H3/t13-/m1/s1. The Balaban J connectivity index is 2.07. The minimum absolute atomic E-state index is 0.125. The van der Waals surface area contributed by atoms with Crippen LogP contribution in [0.2, 0.25) is 0 Å². The van der Waals surface area contributed by atoms with E-state index in [1.54, 1.807) is 13.1 Å². The van der Waals surface area contributed by atoms with E-state index >= 15 is 0 Å². The first kappa shape index (κ1) is 18.4. The minimum atomic E-state index is -0.539. The van der Waals surface area contributed by atoms with Crippen molar-refractivity contribution in [3.8, 4) is 0 Å². The fourth-order valence-electron chi connectivity index (χ4n) is 3.58. The van der Waals surface area contributed by atoms with Crippen molar-refractivity contribution in [1.82, 2.24) is 9.47 Å². The third kappa shape index (κ3) is 4.06. The number of halogens is 1. The summed E-state index contributed by atoms with van der Waals surface area (Å²) in [7, 11) is 2.14. The number of piperidine rings is 1. The first-order valence-corrected chi connectivity index (χ1v) is 9.76. The molecule has 0 radical (unpaired) electrons. The molecule has 1 fully saturated rings. The van der Waals surface area contributed by atoms with E-state index in [2.05, 4.69) is 39.1 Å². The molecule has 0 spiro atoms. The molecule has 6 heteroatoms. The highest BCUT2D eigenvalue weighted by Crippen LogP contribution is 2.21. The zero-order valence-electron chi connectivity index (χ0n) is 14.6. The van der Waals surface area contributed by atoms with Crippen molar-refractivity contribution >= 4 is 39.5 Å². The Morgan fingerprint density at radius 1 is 1.40 bits per heavy atom. The van der Waals surface area contributed by atoms with E-state index in [0.29, 0.717) is 11.3 Å². The van der Waals surface area contributed by atoms with Gasteiger partial charge in [0.15, 0.2) is 0 Å². The van der Waals surface area contributed by atoms with Crippen molar-refractivity contribution in [1.29, 1.82) is 0 Å². The Kier molecular flexibility index (Phi) is 5.78. The molecule has 0 unspecified atom stereocenters. The number of nitrogens with zero attached hydrogens (tertiary/aromatic N) is 2. The molecule has 0 aliphatic carbocycles. The third-order valence-corrected chi connectivity index (χ3v) is 5.39. The van der Waals surface area contributed by atoms with Crippen LogP contribution in [0.25, 0.3) is 10.9 Å².